The SMILES string of the molecule is CC(C)CCCCCCCCCc1c(C(C)C)cc(S(=O)(=O)O)c(CCCCCCCCCC(C)C)c1CCCCCCCCCC(C)C. The van der Waals surface area contributed by atoms with Crippen molar-refractivity contribution >= 4 is 10.1 Å². The topological polar surface area (TPSA) is 54.4 Å². The zero-order valence-electron chi connectivity index (χ0n) is 34.2. The first-order chi connectivity index (χ1) is 23.3. The summed E-state index contributed by atoms with van der Waals surface area (Å²) in [6, 6.07) is 1.87. The molecule has 3 nitrogen and oxygen atoms in total. The minimum atomic E-state index is -4.29. The number of rotatable bonds is 32. The fraction of sp³-hybridized carbons (Fsp3) is 0.867. The second-order valence-electron chi connectivity index (χ2n) is 17.3. The van der Waals surface area contributed by atoms with Gasteiger partial charge < -0.3 is 0 Å². The third-order valence-corrected chi connectivity index (χ3v) is 11.6. The normalized spacial score (nSPS) is 12.4. The fourth-order valence-electron chi connectivity index (χ4n) is 7.65. The van der Waals surface area contributed by atoms with E-state index < -0.39 is 10.1 Å². The van der Waals surface area contributed by atoms with Crippen LogP contribution in [0.5, 0.6) is 0 Å². The van der Waals surface area contributed by atoms with Crippen LogP contribution in [-0.2, 0) is 29.4 Å². The van der Waals surface area contributed by atoms with Crippen LogP contribution in [0.1, 0.15) is 238 Å². The first-order valence-electron chi connectivity index (χ1n) is 21.5. The highest BCUT2D eigenvalue weighted by molar-refractivity contribution is 7.85. The lowest BCUT2D eigenvalue weighted by Crippen LogP contribution is -2.13. The molecule has 1 aromatic carbocycles. The van der Waals surface area contributed by atoms with Crippen molar-refractivity contribution in [2.24, 2.45) is 17.8 Å². The number of unbranched alkanes of at least 4 members (excludes halogenated alkanes) is 18. The van der Waals surface area contributed by atoms with Crippen molar-refractivity contribution in [1.29, 1.82) is 0 Å². The Kier molecular flexibility index (Phi) is 26.1. The van der Waals surface area contributed by atoms with Crippen LogP contribution in [0.3, 0.4) is 0 Å². The Morgan fingerprint density at radius 1 is 0.429 bits per heavy atom. The van der Waals surface area contributed by atoms with Gasteiger partial charge in [-0.3, -0.25) is 4.55 Å². The molecule has 288 valence electrons. The van der Waals surface area contributed by atoms with Gasteiger partial charge in [-0.15, -0.1) is 0 Å². The van der Waals surface area contributed by atoms with E-state index in [4.69, 9.17) is 0 Å². The molecule has 0 heterocycles. The summed E-state index contributed by atoms with van der Waals surface area (Å²) in [6.45, 7) is 18.3. The minimum absolute atomic E-state index is 0.204. The van der Waals surface area contributed by atoms with Crippen molar-refractivity contribution in [2.45, 2.75) is 240 Å². The number of hydrogen-bond acceptors (Lipinski definition) is 2. The molecule has 1 rings (SSSR count). The van der Waals surface area contributed by atoms with Crippen LogP contribution in [0.2, 0.25) is 0 Å². The van der Waals surface area contributed by atoms with E-state index >= 15 is 0 Å². The summed E-state index contributed by atoms with van der Waals surface area (Å²) in [7, 11) is -4.29. The van der Waals surface area contributed by atoms with Crippen molar-refractivity contribution in [3.8, 4) is 0 Å². The van der Waals surface area contributed by atoms with Gasteiger partial charge >= 0.3 is 0 Å². The zero-order valence-corrected chi connectivity index (χ0v) is 35.0. The summed E-state index contributed by atoms with van der Waals surface area (Å²) in [5, 5.41) is 0. The lowest BCUT2D eigenvalue weighted by Gasteiger charge is -2.24. The maximum atomic E-state index is 12.9. The average molecular weight is 705 g/mol. The summed E-state index contributed by atoms with van der Waals surface area (Å²) in [6.07, 6.45) is 33.3. The van der Waals surface area contributed by atoms with Gasteiger partial charge in [-0.1, -0.05) is 190 Å². The quantitative estimate of drug-likeness (QED) is 0.0600. The summed E-state index contributed by atoms with van der Waals surface area (Å²) in [4.78, 5) is 0.204. The maximum absolute atomic E-state index is 12.9. The smallest absolute Gasteiger partial charge is 0.282 e. The van der Waals surface area contributed by atoms with Crippen LogP contribution in [0.4, 0.5) is 0 Å². The Morgan fingerprint density at radius 3 is 1.02 bits per heavy atom. The lowest BCUT2D eigenvalue weighted by molar-refractivity contribution is 0.480. The Morgan fingerprint density at radius 2 is 0.714 bits per heavy atom. The number of benzene rings is 1. The lowest BCUT2D eigenvalue weighted by atomic mass is 9.83. The Labute approximate surface area is 307 Å². The van der Waals surface area contributed by atoms with Crippen LogP contribution in [0.25, 0.3) is 0 Å². The van der Waals surface area contributed by atoms with Crippen molar-refractivity contribution < 1.29 is 13.0 Å². The summed E-state index contributed by atoms with van der Waals surface area (Å²) < 4.78 is 36.4. The summed E-state index contributed by atoms with van der Waals surface area (Å²) in [5.74, 6) is 2.63. The minimum Gasteiger partial charge on any atom is -0.282 e. The van der Waals surface area contributed by atoms with Gasteiger partial charge in [0.25, 0.3) is 10.1 Å². The molecule has 1 N–H and O–H groups in total. The van der Waals surface area contributed by atoms with Crippen LogP contribution in [0, 0.1) is 17.8 Å². The van der Waals surface area contributed by atoms with Crippen LogP contribution in [-0.4, -0.2) is 13.0 Å². The second kappa shape index (κ2) is 27.7. The van der Waals surface area contributed by atoms with E-state index in [0.29, 0.717) is 0 Å². The van der Waals surface area contributed by atoms with E-state index in [1.807, 2.05) is 6.07 Å². The van der Waals surface area contributed by atoms with Crippen molar-refractivity contribution in [3.05, 3.63) is 28.3 Å². The van der Waals surface area contributed by atoms with E-state index in [0.717, 1.165) is 73.8 Å². The van der Waals surface area contributed by atoms with Gasteiger partial charge in [-0.2, -0.15) is 8.42 Å². The molecule has 0 aliphatic heterocycles. The molecule has 0 aliphatic rings. The molecular formula is C45H84O3S. The molecule has 0 spiro atoms. The van der Waals surface area contributed by atoms with Crippen LogP contribution in [0.15, 0.2) is 11.0 Å². The van der Waals surface area contributed by atoms with E-state index in [1.54, 1.807) is 0 Å². The van der Waals surface area contributed by atoms with Crippen molar-refractivity contribution in [2.75, 3.05) is 0 Å². The first kappa shape index (κ1) is 46.2. The second-order valence-corrected chi connectivity index (χ2v) is 18.6. The van der Waals surface area contributed by atoms with Gasteiger partial charge in [-0.05, 0) is 90.5 Å². The molecule has 0 amide bonds. The highest BCUT2D eigenvalue weighted by Crippen LogP contribution is 2.35. The highest BCUT2D eigenvalue weighted by atomic mass is 32.2. The molecule has 0 aromatic heterocycles. The fourth-order valence-corrected chi connectivity index (χ4v) is 8.46. The molecule has 0 bridgehead atoms. The molecule has 0 radical (unpaired) electrons. The third kappa shape index (κ3) is 22.6. The predicted molar refractivity (Wildman–Crippen MR) is 217 cm³/mol. The monoisotopic (exact) mass is 705 g/mol. The van der Waals surface area contributed by atoms with E-state index in [2.05, 4.69) is 55.4 Å². The molecule has 1 aromatic rings. The maximum Gasteiger partial charge on any atom is 0.294 e. The molecule has 0 saturated heterocycles. The van der Waals surface area contributed by atoms with Crippen molar-refractivity contribution in [1.82, 2.24) is 0 Å². The first-order valence-corrected chi connectivity index (χ1v) is 22.9. The molecule has 0 aliphatic carbocycles. The van der Waals surface area contributed by atoms with Crippen molar-refractivity contribution in [3.63, 3.8) is 0 Å². The van der Waals surface area contributed by atoms with Gasteiger partial charge in [0.2, 0.25) is 0 Å². The van der Waals surface area contributed by atoms with Gasteiger partial charge in [0.05, 0.1) is 4.90 Å². The molecule has 0 atom stereocenters. The van der Waals surface area contributed by atoms with Gasteiger partial charge in [-0.25, -0.2) is 0 Å². The molecule has 4 heteroatoms. The van der Waals surface area contributed by atoms with E-state index in [1.165, 1.54) is 140 Å². The average Bonchev–Trinajstić information content (AvgIpc) is 3.01. The molecule has 0 saturated carbocycles. The Bertz CT molecular complexity index is 1050. The highest BCUT2D eigenvalue weighted by Gasteiger charge is 2.25. The molecule has 49 heavy (non-hydrogen) atoms. The van der Waals surface area contributed by atoms with Crippen LogP contribution < -0.4 is 0 Å². The largest absolute Gasteiger partial charge is 0.294 e. The van der Waals surface area contributed by atoms with E-state index in [-0.39, 0.29) is 10.8 Å². The predicted octanol–water partition coefficient (Wildman–Crippen LogP) is 15.0. The summed E-state index contributed by atoms with van der Waals surface area (Å²) >= 11 is 0. The Hall–Kier alpha value is -0.870. The zero-order chi connectivity index (χ0) is 36.5. The molecule has 0 fully saturated rings. The molecule has 0 unspecified atom stereocenters. The van der Waals surface area contributed by atoms with Gasteiger partial charge in [0, 0.05) is 0 Å². The summed E-state index contributed by atoms with van der Waals surface area (Å²) in [5.41, 5.74) is 4.77. The standard InChI is InChI=1S/C45H84O3S/c1-37(2)30-24-18-12-9-15-21-27-33-41-42(34-28-22-16-10-13-19-25-31-38(3)4)44(40(7)8)36-45(49(46,47)48)43(41)35-29-23-17-11-14-20-26-32-39(5)6/h36-40H,9-35H2,1-8H3,(H,46,47,48). The van der Waals surface area contributed by atoms with Crippen LogP contribution >= 0.6 is 0 Å². The Balaban J connectivity index is 3.02. The third-order valence-electron chi connectivity index (χ3n) is 10.7. The van der Waals surface area contributed by atoms with Gasteiger partial charge in [0.15, 0.2) is 0 Å². The van der Waals surface area contributed by atoms with Gasteiger partial charge in [0.1, 0.15) is 0 Å². The number of hydrogen-bond donors (Lipinski definition) is 1. The molecular weight excluding hydrogens is 621 g/mol. The van der Waals surface area contributed by atoms with E-state index in [9.17, 15) is 13.0 Å².